The zero-order chi connectivity index (χ0) is 22.5. The second-order valence-electron chi connectivity index (χ2n) is 8.37. The molecule has 5 nitrogen and oxygen atoms in total. The van der Waals surface area contributed by atoms with Gasteiger partial charge in [-0.2, -0.15) is 0 Å². The molecule has 30 heavy (non-hydrogen) atoms. The smallest absolute Gasteiger partial charge is 0.315 e. The van der Waals surface area contributed by atoms with E-state index in [9.17, 15) is 9.59 Å². The number of hydrogen-bond acceptors (Lipinski definition) is 3. The number of hydrogen-bond donors (Lipinski definition) is 2. The number of carbonyl (C=O) groups is 2. The summed E-state index contributed by atoms with van der Waals surface area (Å²) in [4.78, 5) is 23.6. The van der Waals surface area contributed by atoms with Crippen LogP contribution >= 0.6 is 0 Å². The van der Waals surface area contributed by atoms with Gasteiger partial charge in [-0.05, 0) is 38.5 Å². The van der Waals surface area contributed by atoms with E-state index in [4.69, 9.17) is 4.74 Å². The zero-order valence-electron chi connectivity index (χ0n) is 20.0. The van der Waals surface area contributed by atoms with Crippen LogP contribution in [-0.2, 0) is 9.53 Å². The van der Waals surface area contributed by atoms with E-state index in [1.54, 1.807) is 0 Å². The summed E-state index contributed by atoms with van der Waals surface area (Å²) in [5.41, 5.74) is -0.165. The van der Waals surface area contributed by atoms with E-state index < -0.39 is 0 Å². The third-order valence-corrected chi connectivity index (χ3v) is 5.87. The van der Waals surface area contributed by atoms with E-state index in [0.717, 1.165) is 64.3 Å². The van der Waals surface area contributed by atoms with Crippen molar-refractivity contribution in [3.05, 3.63) is 12.7 Å². The monoisotopic (exact) mass is 424 g/mol. The normalized spacial score (nSPS) is 11.2. The van der Waals surface area contributed by atoms with Crippen molar-refractivity contribution < 1.29 is 14.3 Å². The Balaban J connectivity index is 3.50. The zero-order valence-corrected chi connectivity index (χ0v) is 20.0. The van der Waals surface area contributed by atoms with Crippen LogP contribution in [0, 0.1) is 0 Å². The minimum atomic E-state index is -0.165. The van der Waals surface area contributed by atoms with E-state index in [0.29, 0.717) is 13.0 Å². The lowest BCUT2D eigenvalue weighted by atomic mass is 9.89. The molecule has 0 fully saturated rings. The van der Waals surface area contributed by atoms with Gasteiger partial charge in [-0.15, -0.1) is 6.58 Å². The first kappa shape index (κ1) is 28.5. The van der Waals surface area contributed by atoms with Crippen molar-refractivity contribution in [2.24, 2.45) is 0 Å². The Morgan fingerprint density at radius 1 is 0.867 bits per heavy atom. The maximum atomic E-state index is 12.1. The summed E-state index contributed by atoms with van der Waals surface area (Å²) in [6.45, 7) is 11.4. The van der Waals surface area contributed by atoms with Crippen molar-refractivity contribution in [1.29, 1.82) is 0 Å². The summed E-state index contributed by atoms with van der Waals surface area (Å²) in [5.74, 6) is -0.0403. The van der Waals surface area contributed by atoms with Gasteiger partial charge in [-0.1, -0.05) is 78.2 Å². The van der Waals surface area contributed by atoms with Gasteiger partial charge in [0, 0.05) is 18.5 Å². The minimum Gasteiger partial charge on any atom is -0.466 e. The fourth-order valence-electron chi connectivity index (χ4n) is 3.56. The van der Waals surface area contributed by atoms with Crippen molar-refractivity contribution in [2.75, 3.05) is 13.2 Å². The first-order valence-corrected chi connectivity index (χ1v) is 12.4. The number of ether oxygens (including phenoxy) is 1. The molecule has 0 bridgehead atoms. The second-order valence-corrected chi connectivity index (χ2v) is 8.37. The Morgan fingerprint density at radius 3 is 1.97 bits per heavy atom. The second kappa shape index (κ2) is 19.4. The molecule has 0 aliphatic heterocycles. The van der Waals surface area contributed by atoms with Gasteiger partial charge in [0.15, 0.2) is 0 Å². The van der Waals surface area contributed by atoms with Gasteiger partial charge in [0.2, 0.25) is 0 Å². The highest BCUT2D eigenvalue weighted by molar-refractivity contribution is 5.74. The topological polar surface area (TPSA) is 67.4 Å². The Morgan fingerprint density at radius 2 is 1.43 bits per heavy atom. The molecule has 0 saturated heterocycles. The molecule has 0 atom stereocenters. The lowest BCUT2D eigenvalue weighted by molar-refractivity contribution is -0.143. The molecule has 0 unspecified atom stereocenters. The van der Waals surface area contributed by atoms with Crippen LogP contribution < -0.4 is 10.6 Å². The van der Waals surface area contributed by atoms with Crippen LogP contribution in [0.15, 0.2) is 12.7 Å². The van der Waals surface area contributed by atoms with Crippen LogP contribution in [0.1, 0.15) is 117 Å². The fraction of sp³-hybridized carbons (Fsp3) is 0.840. The van der Waals surface area contributed by atoms with Crippen molar-refractivity contribution >= 4 is 12.0 Å². The molecule has 0 saturated carbocycles. The Labute approximate surface area is 185 Å². The van der Waals surface area contributed by atoms with Crippen LogP contribution in [0.25, 0.3) is 0 Å². The summed E-state index contributed by atoms with van der Waals surface area (Å²) >= 11 is 0. The van der Waals surface area contributed by atoms with E-state index in [1.165, 1.54) is 32.1 Å². The van der Waals surface area contributed by atoms with Crippen LogP contribution in [0.3, 0.4) is 0 Å². The molecule has 0 aromatic heterocycles. The van der Waals surface area contributed by atoms with Gasteiger partial charge < -0.3 is 15.4 Å². The number of unbranched alkanes of at least 4 members (excludes halogenated alkanes) is 9. The molecule has 176 valence electrons. The number of amides is 2. The number of urea groups is 1. The average Bonchev–Trinajstić information content (AvgIpc) is 2.74. The quantitative estimate of drug-likeness (QED) is 0.130. The van der Waals surface area contributed by atoms with Gasteiger partial charge in [0.05, 0.1) is 6.61 Å². The Hall–Kier alpha value is -1.52. The molecule has 0 aromatic rings. The Kier molecular flexibility index (Phi) is 18.5. The van der Waals surface area contributed by atoms with E-state index in [1.807, 2.05) is 6.08 Å². The first-order valence-electron chi connectivity index (χ1n) is 12.4. The van der Waals surface area contributed by atoms with Gasteiger partial charge in [0.25, 0.3) is 0 Å². The summed E-state index contributed by atoms with van der Waals surface area (Å²) in [7, 11) is 0. The standard InChI is InChI=1S/C25H48N2O3/c1-5-9-22-30-23(28)19-17-15-13-11-10-12-14-16-18-21-26-24(29)27-25(7-3,8-4)20-6-2/h6H,2,5,7-22H2,1,3-4H3,(H2,26,27,29). The van der Waals surface area contributed by atoms with E-state index in [-0.39, 0.29) is 17.5 Å². The van der Waals surface area contributed by atoms with E-state index in [2.05, 4.69) is 38.0 Å². The number of nitrogens with one attached hydrogen (secondary N) is 2. The van der Waals surface area contributed by atoms with Crippen LogP contribution in [-0.4, -0.2) is 30.7 Å². The highest BCUT2D eigenvalue weighted by atomic mass is 16.5. The van der Waals surface area contributed by atoms with Gasteiger partial charge >= 0.3 is 12.0 Å². The molecule has 0 rings (SSSR count). The predicted octanol–water partition coefficient (Wildman–Crippen LogP) is 6.66. The third kappa shape index (κ3) is 15.3. The summed E-state index contributed by atoms with van der Waals surface area (Å²) < 4.78 is 5.16. The van der Waals surface area contributed by atoms with Crippen molar-refractivity contribution in [2.45, 2.75) is 123 Å². The maximum Gasteiger partial charge on any atom is 0.315 e. The summed E-state index contributed by atoms with van der Waals surface area (Å²) in [5, 5.41) is 6.13. The summed E-state index contributed by atoms with van der Waals surface area (Å²) in [6.07, 6.45) is 17.5. The molecule has 0 heterocycles. The van der Waals surface area contributed by atoms with Crippen molar-refractivity contribution in [3.8, 4) is 0 Å². The van der Waals surface area contributed by atoms with Crippen LogP contribution in [0.4, 0.5) is 4.79 Å². The molecule has 0 aliphatic carbocycles. The average molecular weight is 425 g/mol. The van der Waals surface area contributed by atoms with Gasteiger partial charge in [-0.3, -0.25) is 4.79 Å². The molecule has 2 amide bonds. The number of carbonyl (C=O) groups excluding carboxylic acids is 2. The molecule has 0 spiro atoms. The van der Waals surface area contributed by atoms with Gasteiger partial charge in [-0.25, -0.2) is 4.79 Å². The third-order valence-electron chi connectivity index (χ3n) is 5.87. The van der Waals surface area contributed by atoms with E-state index >= 15 is 0 Å². The van der Waals surface area contributed by atoms with Crippen molar-refractivity contribution in [3.63, 3.8) is 0 Å². The summed E-state index contributed by atoms with van der Waals surface area (Å²) in [6, 6.07) is -0.0604. The fourth-order valence-corrected chi connectivity index (χ4v) is 3.56. The molecule has 0 aliphatic rings. The first-order chi connectivity index (χ1) is 14.5. The van der Waals surface area contributed by atoms with Crippen LogP contribution in [0.5, 0.6) is 0 Å². The molecular weight excluding hydrogens is 376 g/mol. The molecule has 5 heteroatoms. The molecule has 0 radical (unpaired) electrons. The lowest BCUT2D eigenvalue weighted by Crippen LogP contribution is -2.51. The van der Waals surface area contributed by atoms with Gasteiger partial charge in [0.1, 0.15) is 0 Å². The SMILES string of the molecule is C=CCC(CC)(CC)NC(=O)NCCCCCCCCCCCC(=O)OCCCC. The maximum absolute atomic E-state index is 12.1. The number of esters is 1. The molecule has 2 N–H and O–H groups in total. The highest BCUT2D eigenvalue weighted by Gasteiger charge is 2.26. The molecule has 0 aromatic carbocycles. The number of rotatable bonds is 20. The lowest BCUT2D eigenvalue weighted by Gasteiger charge is -2.32. The minimum absolute atomic E-state index is 0.0403. The highest BCUT2D eigenvalue weighted by Crippen LogP contribution is 2.20. The Bertz CT molecular complexity index is 448. The molecular formula is C25H48N2O3. The largest absolute Gasteiger partial charge is 0.466 e. The van der Waals surface area contributed by atoms with Crippen LogP contribution in [0.2, 0.25) is 0 Å². The predicted molar refractivity (Wildman–Crippen MR) is 127 cm³/mol. The van der Waals surface area contributed by atoms with Crippen molar-refractivity contribution in [1.82, 2.24) is 10.6 Å².